The summed E-state index contributed by atoms with van der Waals surface area (Å²) in [5.74, 6) is 0.338. The van der Waals surface area contributed by atoms with Gasteiger partial charge in [-0.3, -0.25) is 10.1 Å². The summed E-state index contributed by atoms with van der Waals surface area (Å²) in [7, 11) is 0. The molecule has 1 N–H and O–H groups in total. The van der Waals surface area contributed by atoms with Gasteiger partial charge in [0.2, 0.25) is 0 Å². The van der Waals surface area contributed by atoms with Gasteiger partial charge in [-0.25, -0.2) is 14.6 Å². The minimum atomic E-state index is -0.257. The van der Waals surface area contributed by atoms with E-state index in [9.17, 15) is 4.79 Å². The van der Waals surface area contributed by atoms with Crippen LogP contribution in [0.15, 0.2) is 59.3 Å². The highest BCUT2D eigenvalue weighted by Gasteiger charge is 2.20. The van der Waals surface area contributed by atoms with E-state index in [1.807, 2.05) is 44.2 Å². The van der Waals surface area contributed by atoms with Crippen molar-refractivity contribution in [2.24, 2.45) is 0 Å². The maximum atomic E-state index is 13.2. The average molecular weight is 403 g/mol. The Morgan fingerprint density at radius 1 is 1.17 bits per heavy atom. The first-order valence-corrected chi connectivity index (χ1v) is 10.0. The summed E-state index contributed by atoms with van der Waals surface area (Å²) < 4.78 is 8.33. The molecule has 0 saturated carbocycles. The molecule has 5 aromatic rings. The summed E-state index contributed by atoms with van der Waals surface area (Å²) in [6, 6.07) is 13.2. The van der Waals surface area contributed by atoms with E-state index in [0.717, 1.165) is 10.2 Å². The van der Waals surface area contributed by atoms with E-state index < -0.39 is 0 Å². The first kappa shape index (κ1) is 17.6. The molecule has 0 bridgehead atoms. The fourth-order valence-electron chi connectivity index (χ4n) is 3.22. The SMILES string of the molecule is CC(C)n1ncc2c(C(=O)Nc3nc4ccccc4s3)cc(-c3ccco3)nc21. The van der Waals surface area contributed by atoms with Crippen LogP contribution < -0.4 is 5.32 Å². The second kappa shape index (κ2) is 6.82. The molecule has 29 heavy (non-hydrogen) atoms. The summed E-state index contributed by atoms with van der Waals surface area (Å²) in [4.78, 5) is 22.4. The van der Waals surface area contributed by atoms with Crippen LogP contribution in [0, 0.1) is 0 Å². The first-order chi connectivity index (χ1) is 14.1. The predicted molar refractivity (Wildman–Crippen MR) is 113 cm³/mol. The van der Waals surface area contributed by atoms with Gasteiger partial charge in [0, 0.05) is 6.04 Å². The second-order valence-electron chi connectivity index (χ2n) is 6.89. The van der Waals surface area contributed by atoms with Crippen molar-refractivity contribution in [3.8, 4) is 11.5 Å². The van der Waals surface area contributed by atoms with Gasteiger partial charge in [-0.1, -0.05) is 23.5 Å². The number of hydrogen-bond donors (Lipinski definition) is 1. The number of para-hydroxylation sites is 1. The minimum Gasteiger partial charge on any atom is -0.463 e. The molecule has 0 aliphatic heterocycles. The molecule has 0 saturated heterocycles. The summed E-state index contributed by atoms with van der Waals surface area (Å²) in [5.41, 5.74) is 2.56. The van der Waals surface area contributed by atoms with Crippen LogP contribution in [0.25, 0.3) is 32.7 Å². The second-order valence-corrected chi connectivity index (χ2v) is 7.92. The number of benzene rings is 1. The van der Waals surface area contributed by atoms with Crippen molar-refractivity contribution in [2.45, 2.75) is 19.9 Å². The standard InChI is InChI=1S/C21H17N5O2S/c1-12(2)26-19-14(11-22-26)13(10-16(23-19)17-7-5-9-28-17)20(27)25-21-24-15-6-3-4-8-18(15)29-21/h3-12H,1-2H3,(H,24,25,27). The lowest BCUT2D eigenvalue weighted by Gasteiger charge is -2.09. The molecule has 0 fully saturated rings. The molecular weight excluding hydrogens is 386 g/mol. The molecule has 7 nitrogen and oxygen atoms in total. The Morgan fingerprint density at radius 3 is 2.79 bits per heavy atom. The number of pyridine rings is 1. The number of fused-ring (bicyclic) bond motifs is 2. The van der Waals surface area contributed by atoms with Crippen LogP contribution in [0.5, 0.6) is 0 Å². The average Bonchev–Trinajstić information content (AvgIpc) is 3.45. The molecule has 0 aliphatic carbocycles. The highest BCUT2D eigenvalue weighted by Crippen LogP contribution is 2.29. The van der Waals surface area contributed by atoms with Gasteiger partial charge in [0.05, 0.1) is 33.6 Å². The van der Waals surface area contributed by atoms with Crippen LogP contribution in [0.1, 0.15) is 30.2 Å². The van der Waals surface area contributed by atoms with E-state index in [1.165, 1.54) is 11.3 Å². The lowest BCUT2D eigenvalue weighted by molar-refractivity contribution is 0.102. The van der Waals surface area contributed by atoms with Crippen molar-refractivity contribution < 1.29 is 9.21 Å². The van der Waals surface area contributed by atoms with Crippen LogP contribution in [-0.2, 0) is 0 Å². The first-order valence-electron chi connectivity index (χ1n) is 9.19. The van der Waals surface area contributed by atoms with Crippen LogP contribution >= 0.6 is 11.3 Å². The Morgan fingerprint density at radius 2 is 2.03 bits per heavy atom. The number of nitrogens with one attached hydrogen (secondary N) is 1. The van der Waals surface area contributed by atoms with E-state index in [2.05, 4.69) is 15.4 Å². The van der Waals surface area contributed by atoms with Gasteiger partial charge in [0.15, 0.2) is 16.5 Å². The number of hydrogen-bond acceptors (Lipinski definition) is 6. The molecule has 4 aromatic heterocycles. The smallest absolute Gasteiger partial charge is 0.258 e. The highest BCUT2D eigenvalue weighted by molar-refractivity contribution is 7.22. The topological polar surface area (TPSA) is 85.8 Å². The number of furan rings is 1. The third kappa shape index (κ3) is 3.07. The third-order valence-electron chi connectivity index (χ3n) is 4.59. The maximum Gasteiger partial charge on any atom is 0.258 e. The van der Waals surface area contributed by atoms with E-state index >= 15 is 0 Å². The number of carbonyl (C=O) groups is 1. The molecule has 1 aromatic carbocycles. The van der Waals surface area contributed by atoms with Crippen LogP contribution in [0.2, 0.25) is 0 Å². The third-order valence-corrected chi connectivity index (χ3v) is 5.54. The molecule has 0 aliphatic rings. The van der Waals surface area contributed by atoms with Gasteiger partial charge in [-0.05, 0) is 44.2 Å². The molecular formula is C21H17N5O2S. The lowest BCUT2D eigenvalue weighted by Crippen LogP contribution is -2.13. The zero-order chi connectivity index (χ0) is 20.0. The number of nitrogens with zero attached hydrogens (tertiary/aromatic N) is 4. The predicted octanol–water partition coefficient (Wildman–Crippen LogP) is 5.13. The van der Waals surface area contributed by atoms with Gasteiger partial charge < -0.3 is 4.42 Å². The number of aromatic nitrogens is 4. The lowest BCUT2D eigenvalue weighted by atomic mass is 10.1. The van der Waals surface area contributed by atoms with Crippen molar-refractivity contribution in [2.75, 3.05) is 5.32 Å². The Balaban J connectivity index is 1.61. The number of carbonyl (C=O) groups excluding carboxylic acids is 1. The van der Waals surface area contributed by atoms with Crippen molar-refractivity contribution in [3.05, 3.63) is 60.5 Å². The number of thiazole rings is 1. The van der Waals surface area contributed by atoms with Gasteiger partial charge in [-0.2, -0.15) is 5.10 Å². The van der Waals surface area contributed by atoms with Crippen LogP contribution in [-0.4, -0.2) is 25.7 Å². The van der Waals surface area contributed by atoms with E-state index in [4.69, 9.17) is 9.40 Å². The van der Waals surface area contributed by atoms with E-state index in [0.29, 0.717) is 33.2 Å². The summed E-state index contributed by atoms with van der Waals surface area (Å²) in [5, 5.41) is 8.60. The van der Waals surface area contributed by atoms with Crippen molar-refractivity contribution in [1.29, 1.82) is 0 Å². The summed E-state index contributed by atoms with van der Waals surface area (Å²) in [6.07, 6.45) is 3.27. The fraction of sp³-hybridized carbons (Fsp3) is 0.143. The van der Waals surface area contributed by atoms with Gasteiger partial charge in [0.25, 0.3) is 5.91 Å². The molecule has 8 heteroatoms. The Labute approximate surface area is 170 Å². The zero-order valence-corrected chi connectivity index (χ0v) is 16.6. The monoisotopic (exact) mass is 403 g/mol. The van der Waals surface area contributed by atoms with Crippen LogP contribution in [0.3, 0.4) is 0 Å². The van der Waals surface area contributed by atoms with Crippen LogP contribution in [0.4, 0.5) is 5.13 Å². The molecule has 0 radical (unpaired) electrons. The largest absolute Gasteiger partial charge is 0.463 e. The van der Waals surface area contributed by atoms with Gasteiger partial charge >= 0.3 is 0 Å². The molecule has 0 spiro atoms. The molecule has 1 amide bonds. The Hall–Kier alpha value is -3.52. The number of rotatable bonds is 4. The zero-order valence-electron chi connectivity index (χ0n) is 15.8. The maximum absolute atomic E-state index is 13.2. The fourth-order valence-corrected chi connectivity index (χ4v) is 4.09. The minimum absolute atomic E-state index is 0.104. The molecule has 0 unspecified atom stereocenters. The van der Waals surface area contributed by atoms with Crippen molar-refractivity contribution >= 4 is 43.6 Å². The quantitative estimate of drug-likeness (QED) is 0.449. The molecule has 4 heterocycles. The summed E-state index contributed by atoms with van der Waals surface area (Å²) >= 11 is 1.44. The van der Waals surface area contributed by atoms with Gasteiger partial charge in [0.1, 0.15) is 5.69 Å². The highest BCUT2D eigenvalue weighted by atomic mass is 32.1. The number of amides is 1. The Kier molecular flexibility index (Phi) is 4.13. The van der Waals surface area contributed by atoms with Crippen molar-refractivity contribution in [1.82, 2.24) is 19.7 Å². The molecule has 0 atom stereocenters. The normalized spacial score (nSPS) is 11.6. The van der Waals surface area contributed by atoms with Crippen molar-refractivity contribution in [3.63, 3.8) is 0 Å². The number of anilines is 1. The molecule has 5 rings (SSSR count). The van der Waals surface area contributed by atoms with E-state index in [-0.39, 0.29) is 11.9 Å². The van der Waals surface area contributed by atoms with Gasteiger partial charge in [-0.15, -0.1) is 0 Å². The summed E-state index contributed by atoms with van der Waals surface area (Å²) in [6.45, 7) is 4.04. The molecule has 144 valence electrons. The Bertz CT molecular complexity index is 1300. The van der Waals surface area contributed by atoms with E-state index in [1.54, 1.807) is 29.3 Å².